The van der Waals surface area contributed by atoms with E-state index in [2.05, 4.69) is 4.83 Å². The molecule has 1 aliphatic heterocycles. The molecule has 0 aliphatic carbocycles. The Morgan fingerprint density at radius 2 is 1.77 bits per heavy atom. The molecule has 2 aromatic carbocycles. The average molecular weight is 317 g/mol. The van der Waals surface area contributed by atoms with Gasteiger partial charge in [-0.1, -0.05) is 39.8 Å². The van der Waals surface area contributed by atoms with Crippen LogP contribution in [0, 0.1) is 6.92 Å². The molecule has 1 N–H and O–H groups in total. The number of sulfonamides is 1. The van der Waals surface area contributed by atoms with E-state index in [0.29, 0.717) is 0 Å². The van der Waals surface area contributed by atoms with Crippen LogP contribution in [0.2, 0.25) is 0 Å². The Morgan fingerprint density at radius 3 is 2.50 bits per heavy atom. The van der Waals surface area contributed by atoms with Gasteiger partial charge in [-0.25, -0.2) is 0 Å². The zero-order valence-corrected chi connectivity index (χ0v) is 13.2. The summed E-state index contributed by atoms with van der Waals surface area (Å²) in [6.45, 7) is 3.97. The first-order chi connectivity index (χ1) is 10.5. The molecular weight excluding hydrogens is 300 g/mol. The Balaban J connectivity index is 1.98. The molecule has 0 radical (unpaired) electrons. The fourth-order valence-corrected chi connectivity index (χ4v) is 3.49. The maximum atomic E-state index is 12.4. The minimum atomic E-state index is -3.63. The highest BCUT2D eigenvalue weighted by Crippen LogP contribution is 2.26. The second-order valence-corrected chi connectivity index (χ2v) is 6.81. The summed E-state index contributed by atoms with van der Waals surface area (Å²) in [6.07, 6.45) is 0. The second-order valence-electron chi connectivity index (χ2n) is 5.15. The summed E-state index contributed by atoms with van der Waals surface area (Å²) in [5, 5.41) is 0. The van der Waals surface area contributed by atoms with Crippen molar-refractivity contribution in [1.82, 2.24) is 4.83 Å². The van der Waals surface area contributed by atoms with Crippen LogP contribution in [0.5, 0.6) is 5.75 Å². The SMILES string of the molecule is CC1=[N+](NS(=O)(=O)c2ccccc2)COc2c(C)cccc21. The van der Waals surface area contributed by atoms with Crippen LogP contribution in [-0.2, 0) is 10.0 Å². The van der Waals surface area contributed by atoms with Crippen molar-refractivity contribution in [3.63, 3.8) is 0 Å². The van der Waals surface area contributed by atoms with Crippen LogP contribution >= 0.6 is 0 Å². The normalized spacial score (nSPS) is 14.3. The zero-order chi connectivity index (χ0) is 15.7. The lowest BCUT2D eigenvalue weighted by Gasteiger charge is -2.18. The van der Waals surface area contributed by atoms with Gasteiger partial charge in [0.2, 0.25) is 5.71 Å². The molecule has 5 nitrogen and oxygen atoms in total. The van der Waals surface area contributed by atoms with Gasteiger partial charge in [0.05, 0.1) is 10.5 Å². The smallest absolute Gasteiger partial charge is 0.315 e. The summed E-state index contributed by atoms with van der Waals surface area (Å²) in [4.78, 5) is 2.79. The fourth-order valence-electron chi connectivity index (χ4n) is 2.39. The molecule has 1 heterocycles. The monoisotopic (exact) mass is 317 g/mol. The molecule has 0 aromatic heterocycles. The van der Waals surface area contributed by atoms with Gasteiger partial charge in [-0.2, -0.15) is 8.42 Å². The van der Waals surface area contributed by atoms with Crippen LogP contribution in [0.25, 0.3) is 0 Å². The number of hydrazone groups is 1. The third-order valence-corrected chi connectivity index (χ3v) is 4.98. The number of benzene rings is 2. The molecule has 0 saturated heterocycles. The molecule has 0 saturated carbocycles. The number of rotatable bonds is 3. The summed E-state index contributed by atoms with van der Waals surface area (Å²) >= 11 is 0. The first kappa shape index (κ1) is 14.6. The van der Waals surface area contributed by atoms with Crippen LogP contribution in [0.1, 0.15) is 18.1 Å². The lowest BCUT2D eigenvalue weighted by Crippen LogP contribution is -2.42. The second kappa shape index (κ2) is 5.46. The van der Waals surface area contributed by atoms with Gasteiger partial charge in [-0.3, -0.25) is 0 Å². The lowest BCUT2D eigenvalue weighted by molar-refractivity contribution is -0.594. The molecule has 1 aliphatic rings. The Hall–Kier alpha value is -2.34. The van der Waals surface area contributed by atoms with E-state index >= 15 is 0 Å². The summed E-state index contributed by atoms with van der Waals surface area (Å²) in [5.41, 5.74) is 2.73. The topological polar surface area (TPSA) is 58.4 Å². The van der Waals surface area contributed by atoms with Crippen LogP contribution in [0.4, 0.5) is 0 Å². The van der Waals surface area contributed by atoms with Gasteiger partial charge in [0, 0.05) is 6.92 Å². The van der Waals surface area contributed by atoms with Crippen molar-refractivity contribution < 1.29 is 17.8 Å². The number of hydrogen-bond acceptors (Lipinski definition) is 3. The summed E-state index contributed by atoms with van der Waals surface area (Å²) in [7, 11) is -3.63. The van der Waals surface area contributed by atoms with Crippen LogP contribution in [0.15, 0.2) is 53.4 Å². The van der Waals surface area contributed by atoms with Crippen LogP contribution in [0.3, 0.4) is 0 Å². The minimum absolute atomic E-state index is 0.135. The van der Waals surface area contributed by atoms with Gasteiger partial charge in [0.15, 0.2) is 0 Å². The summed E-state index contributed by atoms with van der Waals surface area (Å²) < 4.78 is 32.0. The van der Waals surface area contributed by atoms with E-state index < -0.39 is 10.0 Å². The standard InChI is InChI=1S/C16H17N2O3S/c1-12-7-6-10-15-13(2)18(11-21-16(12)15)17-22(19,20)14-8-4-3-5-9-14/h3-10,17H,11H2,1-2H3/q+1. The van der Waals surface area contributed by atoms with Gasteiger partial charge in [0.25, 0.3) is 0 Å². The molecular formula is C16H17N2O3S+. The van der Waals surface area contributed by atoms with Crippen molar-refractivity contribution in [3.05, 3.63) is 59.7 Å². The lowest BCUT2D eigenvalue weighted by atomic mass is 10.1. The first-order valence-corrected chi connectivity index (χ1v) is 8.39. The molecule has 3 rings (SSSR count). The van der Waals surface area contributed by atoms with E-state index in [0.717, 1.165) is 22.6 Å². The predicted molar refractivity (Wildman–Crippen MR) is 83.5 cm³/mol. The van der Waals surface area contributed by atoms with E-state index in [1.165, 1.54) is 4.68 Å². The maximum absolute atomic E-state index is 12.4. The number of fused-ring (bicyclic) bond motifs is 1. The number of hydrogen-bond donors (Lipinski definition) is 1. The Labute approximate surface area is 129 Å². The van der Waals surface area contributed by atoms with Gasteiger partial charge in [0.1, 0.15) is 5.75 Å². The molecule has 0 amide bonds. The molecule has 114 valence electrons. The Morgan fingerprint density at radius 1 is 1.05 bits per heavy atom. The molecule has 0 spiro atoms. The molecule has 0 atom stereocenters. The van der Waals surface area contributed by atoms with E-state index in [1.54, 1.807) is 30.3 Å². The number of aryl methyl sites for hydroxylation is 1. The third kappa shape index (κ3) is 2.57. The highest BCUT2D eigenvalue weighted by atomic mass is 32.2. The van der Waals surface area contributed by atoms with Crippen molar-refractivity contribution in [2.45, 2.75) is 18.7 Å². The van der Waals surface area contributed by atoms with Gasteiger partial charge in [-0.05, 0) is 30.7 Å². The van der Waals surface area contributed by atoms with Crippen LogP contribution < -0.4 is 9.57 Å². The molecule has 6 heteroatoms. The maximum Gasteiger partial charge on any atom is 0.315 e. The van der Waals surface area contributed by atoms with E-state index in [1.807, 2.05) is 32.0 Å². The van der Waals surface area contributed by atoms with Gasteiger partial charge < -0.3 is 4.74 Å². The van der Waals surface area contributed by atoms with Crippen molar-refractivity contribution >= 4 is 15.7 Å². The van der Waals surface area contributed by atoms with Crippen LogP contribution in [-0.4, -0.2) is 25.5 Å². The molecule has 0 unspecified atom stereocenters. The van der Waals surface area contributed by atoms with E-state index in [-0.39, 0.29) is 11.6 Å². The van der Waals surface area contributed by atoms with Crippen molar-refractivity contribution in [2.24, 2.45) is 0 Å². The summed E-state index contributed by atoms with van der Waals surface area (Å²) in [5.74, 6) is 0.801. The number of para-hydroxylation sites is 1. The molecule has 22 heavy (non-hydrogen) atoms. The minimum Gasteiger partial charge on any atom is -0.433 e. The van der Waals surface area contributed by atoms with E-state index in [4.69, 9.17) is 4.74 Å². The molecule has 0 fully saturated rings. The zero-order valence-electron chi connectivity index (χ0n) is 12.4. The van der Waals surface area contributed by atoms with Crippen molar-refractivity contribution in [1.29, 1.82) is 0 Å². The predicted octanol–water partition coefficient (Wildman–Crippen LogP) is 2.06. The molecule has 2 aromatic rings. The molecule has 0 bridgehead atoms. The van der Waals surface area contributed by atoms with Gasteiger partial charge in [-0.15, -0.1) is 0 Å². The van der Waals surface area contributed by atoms with Crippen molar-refractivity contribution in [3.8, 4) is 5.75 Å². The Kier molecular flexibility index (Phi) is 3.62. The average Bonchev–Trinajstić information content (AvgIpc) is 2.51. The highest BCUT2D eigenvalue weighted by molar-refractivity contribution is 7.89. The highest BCUT2D eigenvalue weighted by Gasteiger charge is 2.29. The van der Waals surface area contributed by atoms with Gasteiger partial charge >= 0.3 is 16.8 Å². The van der Waals surface area contributed by atoms with Crippen molar-refractivity contribution in [2.75, 3.05) is 6.73 Å². The Bertz CT molecular complexity index is 843. The fraction of sp³-hybridized carbons (Fsp3) is 0.188. The quantitative estimate of drug-likeness (QED) is 0.882. The largest absolute Gasteiger partial charge is 0.433 e. The first-order valence-electron chi connectivity index (χ1n) is 6.90. The van der Waals surface area contributed by atoms with E-state index in [9.17, 15) is 8.42 Å². The number of hydrazine groups is 1. The number of ether oxygens (including phenoxy) is 1. The number of nitrogens with one attached hydrogen (secondary N) is 1. The third-order valence-electron chi connectivity index (χ3n) is 3.63. The summed E-state index contributed by atoms with van der Waals surface area (Å²) in [6, 6.07) is 14.1. The number of nitrogens with zero attached hydrogens (tertiary/aromatic N) is 1.